The maximum Gasteiger partial charge on any atom is 0.220 e. The van der Waals surface area contributed by atoms with Crippen LogP contribution in [-0.2, 0) is 20.9 Å². The van der Waals surface area contributed by atoms with Crippen LogP contribution in [0.4, 0.5) is 0 Å². The summed E-state index contributed by atoms with van der Waals surface area (Å²) in [6, 6.07) is 5.70. The highest BCUT2D eigenvalue weighted by molar-refractivity contribution is 5.76. The van der Waals surface area contributed by atoms with Crippen LogP contribution in [0.25, 0.3) is 0 Å². The topological polar surface area (TPSA) is 84.5 Å². The molecule has 2 saturated heterocycles. The van der Waals surface area contributed by atoms with E-state index >= 15 is 0 Å². The molecule has 0 unspecified atom stereocenters. The molecule has 1 aromatic rings. The Kier molecular flexibility index (Phi) is 7.17. The monoisotopic (exact) mass is 348 g/mol. The molecule has 0 aliphatic carbocycles. The van der Waals surface area contributed by atoms with Gasteiger partial charge in [-0.25, -0.2) is 0 Å². The van der Waals surface area contributed by atoms with Crippen molar-refractivity contribution < 1.29 is 14.3 Å². The summed E-state index contributed by atoms with van der Waals surface area (Å²) < 4.78 is 11.5. The first kappa shape index (κ1) is 18.3. The lowest BCUT2D eigenvalue weighted by Gasteiger charge is -2.32. The molecule has 1 amide bonds. The predicted octanol–water partition coefficient (Wildman–Crippen LogP) is 0.766. The van der Waals surface area contributed by atoms with Crippen LogP contribution in [-0.4, -0.2) is 49.3 Å². The lowest BCUT2D eigenvalue weighted by Crippen LogP contribution is -2.50. The molecular formula is C18H28N4O3. The molecule has 2 fully saturated rings. The molecule has 3 heterocycles. The molecule has 2 aliphatic rings. The molecule has 7 heteroatoms. The zero-order valence-corrected chi connectivity index (χ0v) is 14.6. The molecule has 0 bridgehead atoms. The van der Waals surface area contributed by atoms with Crippen molar-refractivity contribution in [2.75, 3.05) is 26.3 Å². The van der Waals surface area contributed by atoms with Crippen LogP contribution in [0.5, 0.6) is 0 Å². The van der Waals surface area contributed by atoms with E-state index in [0.717, 1.165) is 38.0 Å². The number of carbonyl (C=O) groups excluding carboxylic acids is 1. The Bertz CT molecular complexity index is 522. The maximum absolute atomic E-state index is 12.2. The fraction of sp³-hybridized carbons (Fsp3) is 0.667. The molecule has 1 aromatic heterocycles. The largest absolute Gasteiger partial charge is 0.379 e. The first-order valence-corrected chi connectivity index (χ1v) is 9.15. The number of pyridine rings is 1. The van der Waals surface area contributed by atoms with E-state index < -0.39 is 0 Å². The van der Waals surface area contributed by atoms with Gasteiger partial charge in [-0.2, -0.15) is 0 Å². The molecule has 2 atom stereocenters. The molecule has 3 rings (SSSR count). The van der Waals surface area contributed by atoms with Gasteiger partial charge in [0, 0.05) is 32.3 Å². The smallest absolute Gasteiger partial charge is 0.220 e. The second-order valence-corrected chi connectivity index (χ2v) is 6.73. The molecule has 0 spiro atoms. The van der Waals surface area contributed by atoms with Gasteiger partial charge in [-0.3, -0.25) is 20.6 Å². The Balaban J connectivity index is 1.39. The number of ether oxygens (including phenoxy) is 2. The summed E-state index contributed by atoms with van der Waals surface area (Å²) in [5.41, 5.74) is 7.14. The molecule has 25 heavy (non-hydrogen) atoms. The SMILES string of the molecule is O=C(CCCC1CNNC1)N[C@@H]1COCC[C@H]1OCc1ccccn1. The quantitative estimate of drug-likeness (QED) is 0.643. The number of aromatic nitrogens is 1. The minimum Gasteiger partial charge on any atom is -0.379 e. The van der Waals surface area contributed by atoms with Crippen LogP contribution in [0, 0.1) is 5.92 Å². The summed E-state index contributed by atoms with van der Waals surface area (Å²) in [4.78, 5) is 16.5. The number of amides is 1. The zero-order valence-electron chi connectivity index (χ0n) is 14.6. The maximum atomic E-state index is 12.2. The Morgan fingerprint density at radius 2 is 2.24 bits per heavy atom. The van der Waals surface area contributed by atoms with E-state index in [1.54, 1.807) is 6.20 Å². The van der Waals surface area contributed by atoms with E-state index in [2.05, 4.69) is 21.2 Å². The number of carbonyl (C=O) groups is 1. The molecule has 0 aromatic carbocycles. The number of nitrogens with one attached hydrogen (secondary N) is 3. The van der Waals surface area contributed by atoms with Gasteiger partial charge in [0.25, 0.3) is 0 Å². The normalized spacial score (nSPS) is 24.3. The Morgan fingerprint density at radius 3 is 3.04 bits per heavy atom. The van der Waals surface area contributed by atoms with Gasteiger partial charge < -0.3 is 14.8 Å². The number of nitrogens with zero attached hydrogens (tertiary/aromatic N) is 1. The van der Waals surface area contributed by atoms with Gasteiger partial charge in [-0.15, -0.1) is 0 Å². The third kappa shape index (κ3) is 6.04. The zero-order chi connectivity index (χ0) is 17.3. The molecule has 0 saturated carbocycles. The van der Waals surface area contributed by atoms with Crippen LogP contribution in [0.15, 0.2) is 24.4 Å². The van der Waals surface area contributed by atoms with E-state index in [-0.39, 0.29) is 18.1 Å². The predicted molar refractivity (Wildman–Crippen MR) is 93.5 cm³/mol. The minimum absolute atomic E-state index is 0.0251. The van der Waals surface area contributed by atoms with Crippen molar-refractivity contribution in [2.24, 2.45) is 5.92 Å². The molecule has 3 N–H and O–H groups in total. The third-order valence-electron chi connectivity index (χ3n) is 4.73. The average molecular weight is 348 g/mol. The van der Waals surface area contributed by atoms with E-state index in [1.807, 2.05) is 18.2 Å². The lowest BCUT2D eigenvalue weighted by atomic mass is 10.0. The van der Waals surface area contributed by atoms with Crippen molar-refractivity contribution in [3.8, 4) is 0 Å². The molecule has 7 nitrogen and oxygen atoms in total. The van der Waals surface area contributed by atoms with Crippen molar-refractivity contribution >= 4 is 5.91 Å². The van der Waals surface area contributed by atoms with Crippen molar-refractivity contribution in [1.29, 1.82) is 0 Å². The Labute approximate surface area is 148 Å². The van der Waals surface area contributed by atoms with Crippen molar-refractivity contribution in [2.45, 2.75) is 44.4 Å². The van der Waals surface area contributed by atoms with Gasteiger partial charge in [0.05, 0.1) is 31.1 Å². The lowest BCUT2D eigenvalue weighted by molar-refractivity contribution is -0.126. The van der Waals surface area contributed by atoms with Gasteiger partial charge in [-0.1, -0.05) is 6.07 Å². The fourth-order valence-electron chi connectivity index (χ4n) is 3.27. The highest BCUT2D eigenvalue weighted by Crippen LogP contribution is 2.15. The second kappa shape index (κ2) is 9.82. The van der Waals surface area contributed by atoms with Crippen molar-refractivity contribution in [3.63, 3.8) is 0 Å². The van der Waals surface area contributed by atoms with Crippen LogP contribution in [0.2, 0.25) is 0 Å². The number of hydrazine groups is 1. The van der Waals surface area contributed by atoms with Crippen molar-refractivity contribution in [3.05, 3.63) is 30.1 Å². The second-order valence-electron chi connectivity index (χ2n) is 6.73. The average Bonchev–Trinajstić information content (AvgIpc) is 3.15. The minimum atomic E-state index is -0.0835. The van der Waals surface area contributed by atoms with Crippen LogP contribution < -0.4 is 16.2 Å². The van der Waals surface area contributed by atoms with Gasteiger partial charge in [0.1, 0.15) is 0 Å². The summed E-state index contributed by atoms with van der Waals surface area (Å²) in [7, 11) is 0. The Morgan fingerprint density at radius 1 is 1.36 bits per heavy atom. The summed E-state index contributed by atoms with van der Waals surface area (Å²) in [6.07, 6.45) is 5.05. The van der Waals surface area contributed by atoms with E-state index in [9.17, 15) is 4.79 Å². The molecule has 2 aliphatic heterocycles. The standard InChI is InChI=1S/C18H28N4O3/c23-18(6-3-4-14-10-20-21-11-14)22-16-13-24-9-7-17(16)25-12-15-5-1-2-8-19-15/h1-2,5,8,14,16-17,20-21H,3-4,6-7,9-13H2,(H,22,23)/t16-,17-/m1/s1. The third-order valence-corrected chi connectivity index (χ3v) is 4.73. The summed E-state index contributed by atoms with van der Waals surface area (Å²) in [5.74, 6) is 0.709. The van der Waals surface area contributed by atoms with Gasteiger partial charge in [0.2, 0.25) is 5.91 Å². The van der Waals surface area contributed by atoms with Crippen LogP contribution in [0.1, 0.15) is 31.4 Å². The Hall–Kier alpha value is -1.54. The molecule has 138 valence electrons. The van der Waals surface area contributed by atoms with E-state index in [4.69, 9.17) is 9.47 Å². The summed E-state index contributed by atoms with van der Waals surface area (Å²) >= 11 is 0. The van der Waals surface area contributed by atoms with Gasteiger partial charge in [0.15, 0.2) is 0 Å². The first-order valence-electron chi connectivity index (χ1n) is 9.15. The highest BCUT2D eigenvalue weighted by atomic mass is 16.5. The van der Waals surface area contributed by atoms with Crippen LogP contribution >= 0.6 is 0 Å². The fourth-order valence-corrected chi connectivity index (χ4v) is 3.27. The number of rotatable bonds is 8. The van der Waals surface area contributed by atoms with Gasteiger partial charge in [-0.05, 0) is 37.3 Å². The molecular weight excluding hydrogens is 320 g/mol. The number of hydrogen-bond acceptors (Lipinski definition) is 6. The van der Waals surface area contributed by atoms with Gasteiger partial charge >= 0.3 is 0 Å². The first-order chi connectivity index (χ1) is 12.3. The highest BCUT2D eigenvalue weighted by Gasteiger charge is 2.28. The molecule has 0 radical (unpaired) electrons. The number of hydrogen-bond donors (Lipinski definition) is 3. The summed E-state index contributed by atoms with van der Waals surface area (Å²) in [6.45, 7) is 3.61. The summed E-state index contributed by atoms with van der Waals surface area (Å²) in [5, 5.41) is 3.09. The van der Waals surface area contributed by atoms with E-state index in [1.165, 1.54) is 0 Å². The van der Waals surface area contributed by atoms with E-state index in [0.29, 0.717) is 32.2 Å². The van der Waals surface area contributed by atoms with Crippen molar-refractivity contribution in [1.82, 2.24) is 21.2 Å². The van der Waals surface area contributed by atoms with Crippen LogP contribution in [0.3, 0.4) is 0 Å².